The summed E-state index contributed by atoms with van der Waals surface area (Å²) in [6, 6.07) is 16.8. The van der Waals surface area contributed by atoms with Crippen LogP contribution in [0.25, 0.3) is 0 Å². The molecule has 9 nitrogen and oxygen atoms in total. The zero-order chi connectivity index (χ0) is 23.8. The lowest BCUT2D eigenvalue weighted by molar-refractivity contribution is -0.119. The van der Waals surface area contributed by atoms with E-state index < -0.39 is 29.7 Å². The third-order valence-corrected chi connectivity index (χ3v) is 5.65. The molecule has 3 aromatic carbocycles. The molecule has 5 rings (SSSR count). The summed E-state index contributed by atoms with van der Waals surface area (Å²) in [5.74, 6) is -1.00. The number of hydrogen-bond donors (Lipinski definition) is 2. The predicted octanol–water partition coefficient (Wildman–Crippen LogP) is 3.29. The average molecular weight is 457 g/mol. The molecule has 2 aliphatic heterocycles. The van der Waals surface area contributed by atoms with Crippen LogP contribution in [0, 0.1) is 0 Å². The monoisotopic (exact) mass is 457 g/mol. The van der Waals surface area contributed by atoms with Crippen LogP contribution in [-0.2, 0) is 4.79 Å². The Morgan fingerprint density at radius 3 is 2.24 bits per heavy atom. The van der Waals surface area contributed by atoms with Crippen molar-refractivity contribution in [3.8, 4) is 11.5 Å². The van der Waals surface area contributed by atoms with Gasteiger partial charge in [0.25, 0.3) is 17.7 Å². The van der Waals surface area contributed by atoms with E-state index >= 15 is 0 Å². The number of fused-ring (bicyclic) bond motifs is 2. The third kappa shape index (κ3) is 3.62. The van der Waals surface area contributed by atoms with Crippen molar-refractivity contribution in [2.75, 3.05) is 17.4 Å². The van der Waals surface area contributed by atoms with Gasteiger partial charge in [-0.25, -0.2) is 0 Å². The molecule has 0 saturated heterocycles. The van der Waals surface area contributed by atoms with Crippen LogP contribution in [0.2, 0.25) is 0 Å². The highest BCUT2D eigenvalue weighted by molar-refractivity contribution is 6.23. The zero-order valence-corrected chi connectivity index (χ0v) is 18.0. The smallest absolute Gasteiger partial charge is 0.262 e. The van der Waals surface area contributed by atoms with Crippen molar-refractivity contribution in [1.82, 2.24) is 4.90 Å². The van der Waals surface area contributed by atoms with Gasteiger partial charge in [0.1, 0.15) is 6.04 Å². The maximum atomic E-state index is 13.0. The van der Waals surface area contributed by atoms with Gasteiger partial charge >= 0.3 is 0 Å². The highest BCUT2D eigenvalue weighted by Gasteiger charge is 2.40. The summed E-state index contributed by atoms with van der Waals surface area (Å²) in [5, 5.41) is 5.44. The van der Waals surface area contributed by atoms with Gasteiger partial charge < -0.3 is 20.1 Å². The van der Waals surface area contributed by atoms with Crippen LogP contribution in [0.4, 0.5) is 11.4 Å². The van der Waals surface area contributed by atoms with Crippen molar-refractivity contribution >= 4 is 35.0 Å². The van der Waals surface area contributed by atoms with Crippen LogP contribution in [-0.4, -0.2) is 41.4 Å². The van der Waals surface area contributed by atoms with Crippen molar-refractivity contribution in [2.45, 2.75) is 13.0 Å². The van der Waals surface area contributed by atoms with Crippen molar-refractivity contribution in [1.29, 1.82) is 0 Å². The molecule has 4 amide bonds. The Morgan fingerprint density at radius 2 is 1.50 bits per heavy atom. The molecule has 2 N–H and O–H groups in total. The van der Waals surface area contributed by atoms with E-state index in [1.54, 1.807) is 66.7 Å². The van der Waals surface area contributed by atoms with Crippen LogP contribution in [0.5, 0.6) is 11.5 Å². The van der Waals surface area contributed by atoms with Crippen molar-refractivity contribution in [3.63, 3.8) is 0 Å². The molecule has 0 fully saturated rings. The summed E-state index contributed by atoms with van der Waals surface area (Å²) in [7, 11) is 0. The summed E-state index contributed by atoms with van der Waals surface area (Å²) < 4.78 is 10.6. The maximum absolute atomic E-state index is 13.0. The van der Waals surface area contributed by atoms with Gasteiger partial charge in [0, 0.05) is 11.8 Å². The molecule has 3 aromatic rings. The fourth-order valence-corrected chi connectivity index (χ4v) is 3.88. The van der Waals surface area contributed by atoms with E-state index in [0.29, 0.717) is 17.2 Å². The summed E-state index contributed by atoms with van der Waals surface area (Å²) >= 11 is 0. The lowest BCUT2D eigenvalue weighted by atomic mass is 10.1. The number of carbonyl (C=O) groups excluding carboxylic acids is 4. The summed E-state index contributed by atoms with van der Waals surface area (Å²) in [6.07, 6.45) is 0. The lowest BCUT2D eigenvalue weighted by Gasteiger charge is -2.22. The number of hydrogen-bond acceptors (Lipinski definition) is 6. The first kappa shape index (κ1) is 21.2. The number of anilines is 2. The average Bonchev–Trinajstić information content (AvgIpc) is 3.41. The lowest BCUT2D eigenvalue weighted by Crippen LogP contribution is -2.45. The number of carbonyl (C=O) groups is 4. The van der Waals surface area contributed by atoms with Gasteiger partial charge in [0.05, 0.1) is 22.4 Å². The molecule has 0 saturated carbocycles. The van der Waals surface area contributed by atoms with E-state index in [9.17, 15) is 19.2 Å². The molecule has 0 radical (unpaired) electrons. The van der Waals surface area contributed by atoms with Crippen LogP contribution >= 0.6 is 0 Å². The molecule has 0 aliphatic carbocycles. The van der Waals surface area contributed by atoms with Gasteiger partial charge in [-0.15, -0.1) is 0 Å². The van der Waals surface area contributed by atoms with E-state index in [1.165, 1.54) is 6.92 Å². The minimum atomic E-state index is -1.09. The molecule has 0 aromatic heterocycles. The van der Waals surface area contributed by atoms with E-state index in [0.717, 1.165) is 4.90 Å². The minimum absolute atomic E-state index is 0.118. The van der Waals surface area contributed by atoms with Crippen molar-refractivity contribution in [2.24, 2.45) is 0 Å². The summed E-state index contributed by atoms with van der Waals surface area (Å²) in [4.78, 5) is 52.3. The number of rotatable bonds is 5. The topological polar surface area (TPSA) is 114 Å². The van der Waals surface area contributed by atoms with Crippen LogP contribution in [0.1, 0.15) is 38.0 Å². The van der Waals surface area contributed by atoms with Crippen LogP contribution in [0.15, 0.2) is 66.7 Å². The quantitative estimate of drug-likeness (QED) is 0.569. The second kappa shape index (κ2) is 8.36. The molecule has 170 valence electrons. The maximum Gasteiger partial charge on any atom is 0.262 e. The molecule has 34 heavy (non-hydrogen) atoms. The molecular weight excluding hydrogens is 438 g/mol. The van der Waals surface area contributed by atoms with E-state index in [-0.39, 0.29) is 29.2 Å². The Balaban J connectivity index is 1.33. The molecule has 2 heterocycles. The van der Waals surface area contributed by atoms with Gasteiger partial charge in [-0.3, -0.25) is 24.1 Å². The van der Waals surface area contributed by atoms with Crippen LogP contribution < -0.4 is 20.1 Å². The first-order chi connectivity index (χ1) is 16.4. The van der Waals surface area contributed by atoms with Gasteiger partial charge in [0.2, 0.25) is 12.7 Å². The Bertz CT molecular complexity index is 1320. The fourth-order valence-electron chi connectivity index (χ4n) is 3.88. The summed E-state index contributed by atoms with van der Waals surface area (Å²) in [6.45, 7) is 1.58. The normalized spacial score (nSPS) is 14.6. The molecular formula is C25H19N3O6. The first-order valence-corrected chi connectivity index (χ1v) is 10.5. The Morgan fingerprint density at radius 1 is 0.853 bits per heavy atom. The number of nitrogens with zero attached hydrogens (tertiary/aromatic N) is 1. The summed E-state index contributed by atoms with van der Waals surface area (Å²) in [5.41, 5.74) is 1.47. The molecule has 1 atom stereocenters. The van der Waals surface area contributed by atoms with E-state index in [1.807, 2.05) is 0 Å². The number of amides is 4. The Hall–Kier alpha value is -4.66. The second-order valence-corrected chi connectivity index (χ2v) is 7.76. The highest BCUT2D eigenvalue weighted by atomic mass is 16.7. The van der Waals surface area contributed by atoms with E-state index in [2.05, 4.69) is 10.6 Å². The molecule has 1 unspecified atom stereocenters. The number of nitrogens with one attached hydrogen (secondary N) is 2. The SMILES string of the molecule is CC(C(=O)Nc1ccccc1C(=O)Nc1ccc2c(c1)OCO2)N1C(=O)c2ccccc2C1=O. The Kier molecular flexibility index (Phi) is 5.21. The number of imide groups is 1. The number of benzene rings is 3. The van der Waals surface area contributed by atoms with Gasteiger partial charge in [-0.05, 0) is 43.3 Å². The minimum Gasteiger partial charge on any atom is -0.454 e. The zero-order valence-electron chi connectivity index (χ0n) is 18.0. The fraction of sp³-hybridized carbons (Fsp3) is 0.120. The van der Waals surface area contributed by atoms with Crippen molar-refractivity contribution < 1.29 is 28.7 Å². The highest BCUT2D eigenvalue weighted by Crippen LogP contribution is 2.34. The first-order valence-electron chi connectivity index (χ1n) is 10.5. The largest absolute Gasteiger partial charge is 0.454 e. The molecule has 0 bridgehead atoms. The van der Waals surface area contributed by atoms with Gasteiger partial charge in [-0.2, -0.15) is 0 Å². The number of para-hydroxylation sites is 1. The molecule has 9 heteroatoms. The Labute approximate surface area is 194 Å². The van der Waals surface area contributed by atoms with Gasteiger partial charge in [-0.1, -0.05) is 24.3 Å². The third-order valence-electron chi connectivity index (χ3n) is 5.65. The van der Waals surface area contributed by atoms with E-state index in [4.69, 9.17) is 9.47 Å². The van der Waals surface area contributed by atoms with Crippen molar-refractivity contribution in [3.05, 3.63) is 83.4 Å². The molecule has 2 aliphatic rings. The van der Waals surface area contributed by atoms with Gasteiger partial charge in [0.15, 0.2) is 11.5 Å². The molecule has 0 spiro atoms. The number of ether oxygens (including phenoxy) is 2. The predicted molar refractivity (Wildman–Crippen MR) is 122 cm³/mol. The second-order valence-electron chi connectivity index (χ2n) is 7.76. The standard InChI is InChI=1S/C25H19N3O6/c1-14(28-24(31)16-6-2-3-7-17(16)25(28)32)22(29)27-19-9-5-4-8-18(19)23(30)26-15-10-11-20-21(12-15)34-13-33-20/h2-12,14H,13H2,1H3,(H,26,30)(H,27,29). The van der Waals surface area contributed by atoms with Crippen LogP contribution in [0.3, 0.4) is 0 Å².